The molecule has 0 fully saturated rings. The fourth-order valence-corrected chi connectivity index (χ4v) is 5.36. The molecule has 1 atom stereocenters. The number of amides is 2. The molecule has 0 unspecified atom stereocenters. The first-order valence-corrected chi connectivity index (χ1v) is 13.0. The van der Waals surface area contributed by atoms with E-state index < -0.39 is 28.8 Å². The van der Waals surface area contributed by atoms with Crippen LogP contribution < -0.4 is 15.8 Å². The Kier molecular flexibility index (Phi) is 6.86. The third-order valence-electron chi connectivity index (χ3n) is 6.70. The summed E-state index contributed by atoms with van der Waals surface area (Å²) in [7, 11) is 0. The number of nitrogens with one attached hydrogen (secondary N) is 1. The van der Waals surface area contributed by atoms with E-state index in [4.69, 9.17) is 20.8 Å². The van der Waals surface area contributed by atoms with Gasteiger partial charge in [0.25, 0.3) is 5.91 Å². The van der Waals surface area contributed by atoms with Crippen molar-refractivity contribution >= 4 is 40.3 Å². The van der Waals surface area contributed by atoms with Gasteiger partial charge in [-0.2, -0.15) is 5.26 Å². The molecular formula is C31H26ClN3O5. The van der Waals surface area contributed by atoms with Crippen LogP contribution in [0, 0.1) is 11.3 Å². The molecule has 40 heavy (non-hydrogen) atoms. The highest BCUT2D eigenvalue weighted by Gasteiger charge is 2.54. The molecule has 1 aliphatic heterocycles. The van der Waals surface area contributed by atoms with E-state index in [-0.39, 0.29) is 29.7 Å². The van der Waals surface area contributed by atoms with Gasteiger partial charge in [0, 0.05) is 17.4 Å². The number of carbonyl (C=O) groups is 2. The van der Waals surface area contributed by atoms with E-state index in [9.17, 15) is 19.6 Å². The summed E-state index contributed by atoms with van der Waals surface area (Å²) >= 11 is 6.69. The van der Waals surface area contributed by atoms with Crippen LogP contribution in [0.15, 0.2) is 82.0 Å². The van der Waals surface area contributed by atoms with Crippen molar-refractivity contribution in [1.29, 1.82) is 5.26 Å². The van der Waals surface area contributed by atoms with Gasteiger partial charge in [-0.3, -0.25) is 4.79 Å². The standard InChI is InChI=1S/C31H26ClN3O5/c1-30(2,3)40-29(38)34-31(16-21-20-12-7-8-15-25(20)39-27(36)22(21)17-33)23-13-9-14-24(32)26(23)35(28(31)37)18-19-10-5-4-6-11-19/h4-15H,16,18H2,1-3H3,(H,34,38)/t31-/m0/s1. The molecule has 9 heteroatoms. The number of fused-ring (bicyclic) bond motifs is 2. The number of carbonyl (C=O) groups excluding carboxylic acids is 2. The Bertz CT molecular complexity index is 1740. The van der Waals surface area contributed by atoms with Crippen molar-refractivity contribution in [1.82, 2.24) is 5.32 Å². The Morgan fingerprint density at radius 3 is 2.45 bits per heavy atom. The SMILES string of the molecule is CC(C)(C)OC(=O)N[C@]1(Cc2c(C#N)c(=O)oc3ccccc23)C(=O)N(Cc2ccccc2)c2c(Cl)cccc21. The molecule has 5 rings (SSSR count). The van der Waals surface area contributed by atoms with Crippen molar-refractivity contribution in [2.24, 2.45) is 0 Å². The molecule has 0 saturated carbocycles. The van der Waals surface area contributed by atoms with Gasteiger partial charge in [-0.25, -0.2) is 9.59 Å². The normalized spacial score (nSPS) is 16.5. The maximum Gasteiger partial charge on any atom is 0.408 e. The number of anilines is 1. The van der Waals surface area contributed by atoms with E-state index in [0.717, 1.165) is 5.56 Å². The zero-order valence-corrected chi connectivity index (χ0v) is 22.9. The average Bonchev–Trinajstić information content (AvgIpc) is 3.12. The summed E-state index contributed by atoms with van der Waals surface area (Å²) in [6.07, 6.45) is -1.06. The number of ether oxygens (including phenoxy) is 1. The molecule has 1 aliphatic rings. The summed E-state index contributed by atoms with van der Waals surface area (Å²) in [5.41, 5.74) is -1.46. The lowest BCUT2D eigenvalue weighted by Gasteiger charge is -2.32. The third-order valence-corrected chi connectivity index (χ3v) is 7.00. The minimum Gasteiger partial charge on any atom is -0.444 e. The molecule has 2 amide bonds. The molecule has 1 N–H and O–H groups in total. The second-order valence-electron chi connectivity index (χ2n) is 10.6. The average molecular weight is 556 g/mol. The Morgan fingerprint density at radius 2 is 1.75 bits per heavy atom. The minimum absolute atomic E-state index is 0.178. The predicted octanol–water partition coefficient (Wildman–Crippen LogP) is 5.83. The summed E-state index contributed by atoms with van der Waals surface area (Å²) in [6, 6.07) is 23.1. The maximum atomic E-state index is 14.6. The first-order chi connectivity index (χ1) is 19.0. The summed E-state index contributed by atoms with van der Waals surface area (Å²) in [5.74, 6) is -0.480. The summed E-state index contributed by atoms with van der Waals surface area (Å²) < 4.78 is 11.0. The zero-order valence-electron chi connectivity index (χ0n) is 22.2. The van der Waals surface area contributed by atoms with Crippen LogP contribution in [-0.2, 0) is 28.0 Å². The Morgan fingerprint density at radius 1 is 1.05 bits per heavy atom. The highest BCUT2D eigenvalue weighted by molar-refractivity contribution is 6.35. The number of rotatable bonds is 5. The lowest BCUT2D eigenvalue weighted by atomic mass is 9.82. The van der Waals surface area contributed by atoms with Crippen LogP contribution in [0.1, 0.15) is 43.0 Å². The van der Waals surface area contributed by atoms with Crippen molar-refractivity contribution in [3.8, 4) is 6.07 Å². The fraction of sp³-hybridized carbons (Fsp3) is 0.226. The number of benzene rings is 3. The van der Waals surface area contributed by atoms with Crippen LogP contribution in [0.4, 0.5) is 10.5 Å². The lowest BCUT2D eigenvalue weighted by molar-refractivity contribution is -0.124. The molecule has 0 aliphatic carbocycles. The molecule has 4 aromatic rings. The molecule has 202 valence electrons. The number of nitriles is 1. The van der Waals surface area contributed by atoms with Gasteiger partial charge in [0.2, 0.25) is 0 Å². The van der Waals surface area contributed by atoms with Crippen LogP contribution in [-0.4, -0.2) is 17.6 Å². The van der Waals surface area contributed by atoms with Gasteiger partial charge in [-0.05, 0) is 44.0 Å². The first kappa shape index (κ1) is 27.0. The molecule has 0 bridgehead atoms. The lowest BCUT2D eigenvalue weighted by Crippen LogP contribution is -2.55. The Hall–Kier alpha value is -4.61. The van der Waals surface area contributed by atoms with Crippen molar-refractivity contribution in [2.75, 3.05) is 4.90 Å². The molecule has 3 aromatic carbocycles. The molecule has 0 spiro atoms. The van der Waals surface area contributed by atoms with Crippen LogP contribution in [0.5, 0.6) is 0 Å². The highest BCUT2D eigenvalue weighted by atomic mass is 35.5. The number of hydrogen-bond donors (Lipinski definition) is 1. The summed E-state index contributed by atoms with van der Waals surface area (Å²) in [6.45, 7) is 5.32. The fourth-order valence-electron chi connectivity index (χ4n) is 5.09. The molecule has 8 nitrogen and oxygen atoms in total. The molecule has 2 heterocycles. The van der Waals surface area contributed by atoms with Gasteiger partial charge in [0.15, 0.2) is 5.54 Å². The summed E-state index contributed by atoms with van der Waals surface area (Å²) in [4.78, 5) is 42.3. The molecule has 1 aromatic heterocycles. The van der Waals surface area contributed by atoms with Gasteiger partial charge < -0.3 is 19.4 Å². The van der Waals surface area contributed by atoms with E-state index in [1.54, 1.807) is 63.2 Å². The smallest absolute Gasteiger partial charge is 0.408 e. The van der Waals surface area contributed by atoms with Gasteiger partial charge in [0.1, 0.15) is 22.8 Å². The van der Waals surface area contributed by atoms with Crippen molar-refractivity contribution in [3.63, 3.8) is 0 Å². The van der Waals surface area contributed by atoms with E-state index >= 15 is 0 Å². The molecule has 0 radical (unpaired) electrons. The first-order valence-electron chi connectivity index (χ1n) is 12.6. The summed E-state index contributed by atoms with van der Waals surface area (Å²) in [5, 5.41) is 13.6. The molecule has 0 saturated heterocycles. The van der Waals surface area contributed by atoms with Crippen molar-refractivity contribution in [3.05, 3.63) is 110 Å². The van der Waals surface area contributed by atoms with Crippen LogP contribution >= 0.6 is 11.6 Å². The van der Waals surface area contributed by atoms with Crippen molar-refractivity contribution in [2.45, 2.75) is 44.9 Å². The second-order valence-corrected chi connectivity index (χ2v) is 11.0. The zero-order chi connectivity index (χ0) is 28.7. The Balaban J connectivity index is 1.75. The monoisotopic (exact) mass is 555 g/mol. The number of para-hydroxylation sites is 2. The van der Waals surface area contributed by atoms with Gasteiger partial charge in [0.05, 0.1) is 17.3 Å². The van der Waals surface area contributed by atoms with E-state index in [2.05, 4.69) is 5.32 Å². The van der Waals surface area contributed by atoms with Crippen LogP contribution in [0.2, 0.25) is 5.02 Å². The molecular weight excluding hydrogens is 530 g/mol. The van der Waals surface area contributed by atoms with Gasteiger partial charge in [-0.15, -0.1) is 0 Å². The van der Waals surface area contributed by atoms with E-state index in [0.29, 0.717) is 21.7 Å². The number of nitrogens with zero attached hydrogens (tertiary/aromatic N) is 2. The largest absolute Gasteiger partial charge is 0.444 e. The van der Waals surface area contributed by atoms with Gasteiger partial charge in [-0.1, -0.05) is 72.3 Å². The third kappa shape index (κ3) is 4.80. The van der Waals surface area contributed by atoms with E-state index in [1.165, 1.54) is 4.90 Å². The topological polar surface area (TPSA) is 113 Å². The minimum atomic E-state index is -1.75. The Labute approximate surface area is 235 Å². The maximum absolute atomic E-state index is 14.6. The van der Waals surface area contributed by atoms with Crippen LogP contribution in [0.3, 0.4) is 0 Å². The predicted molar refractivity (Wildman–Crippen MR) is 151 cm³/mol. The van der Waals surface area contributed by atoms with Gasteiger partial charge >= 0.3 is 11.7 Å². The quantitative estimate of drug-likeness (QED) is 0.310. The second kappa shape index (κ2) is 10.2. The van der Waals surface area contributed by atoms with E-state index in [1.807, 2.05) is 36.4 Å². The van der Waals surface area contributed by atoms with Crippen molar-refractivity contribution < 1.29 is 18.7 Å². The number of halogens is 1. The number of alkyl carbamates (subject to hydrolysis) is 1. The van der Waals surface area contributed by atoms with Crippen LogP contribution in [0.25, 0.3) is 11.0 Å². The number of hydrogen-bond acceptors (Lipinski definition) is 6. The highest BCUT2D eigenvalue weighted by Crippen LogP contribution is 2.47.